The number of amides is 1. The molecule has 0 atom stereocenters. The molecule has 4 nitrogen and oxygen atoms in total. The fourth-order valence-electron chi connectivity index (χ4n) is 1.63. The van der Waals surface area contributed by atoms with Crippen LogP contribution in [0.2, 0.25) is 0 Å². The lowest BCUT2D eigenvalue weighted by Gasteiger charge is -2.06. The molecule has 2 N–H and O–H groups in total. The summed E-state index contributed by atoms with van der Waals surface area (Å²) in [6.07, 6.45) is 4.10. The first kappa shape index (κ1) is 16.2. The predicted octanol–water partition coefficient (Wildman–Crippen LogP) is 1.98. The molecule has 1 aromatic rings. The zero-order valence-electron chi connectivity index (χ0n) is 12.1. The molecular formula is C16H22N2O2. The fourth-order valence-corrected chi connectivity index (χ4v) is 1.63. The number of pyridine rings is 1. The van der Waals surface area contributed by atoms with Crippen LogP contribution < -0.4 is 5.32 Å². The maximum atomic E-state index is 11.8. The van der Waals surface area contributed by atoms with E-state index in [1.807, 2.05) is 0 Å². The Morgan fingerprint density at radius 2 is 2.25 bits per heavy atom. The van der Waals surface area contributed by atoms with Gasteiger partial charge in [0, 0.05) is 24.7 Å². The Morgan fingerprint density at radius 1 is 1.45 bits per heavy atom. The van der Waals surface area contributed by atoms with Crippen molar-refractivity contribution in [3.63, 3.8) is 0 Å². The van der Waals surface area contributed by atoms with Gasteiger partial charge in [0.1, 0.15) is 5.69 Å². The van der Waals surface area contributed by atoms with E-state index in [0.29, 0.717) is 24.6 Å². The molecule has 1 aromatic heterocycles. The van der Waals surface area contributed by atoms with Gasteiger partial charge in [-0.2, -0.15) is 0 Å². The number of aromatic nitrogens is 1. The Morgan fingerprint density at radius 3 is 2.85 bits per heavy atom. The summed E-state index contributed by atoms with van der Waals surface area (Å²) in [4.78, 5) is 15.9. The third-order valence-electron chi connectivity index (χ3n) is 2.71. The van der Waals surface area contributed by atoms with Crippen LogP contribution in [0.5, 0.6) is 0 Å². The van der Waals surface area contributed by atoms with Gasteiger partial charge in [-0.25, -0.2) is 4.98 Å². The quantitative estimate of drug-likeness (QED) is 0.616. The zero-order chi connectivity index (χ0) is 14.8. The van der Waals surface area contributed by atoms with Crippen molar-refractivity contribution in [3.8, 4) is 11.8 Å². The molecule has 0 aliphatic carbocycles. The molecule has 0 fully saturated rings. The van der Waals surface area contributed by atoms with Crippen molar-refractivity contribution in [3.05, 3.63) is 29.6 Å². The Bertz CT molecular complexity index is 469. The fraction of sp³-hybridized carbons (Fsp3) is 0.500. The molecule has 0 unspecified atom stereocenters. The minimum absolute atomic E-state index is 0.0529. The maximum Gasteiger partial charge on any atom is 0.269 e. The number of carbonyl (C=O) groups is 1. The summed E-state index contributed by atoms with van der Waals surface area (Å²) in [5, 5.41) is 11.5. The highest BCUT2D eigenvalue weighted by Gasteiger charge is 2.05. The van der Waals surface area contributed by atoms with Gasteiger partial charge in [-0.1, -0.05) is 25.7 Å². The van der Waals surface area contributed by atoms with Gasteiger partial charge in [0.15, 0.2) is 0 Å². The minimum atomic E-state index is -0.149. The van der Waals surface area contributed by atoms with Crippen molar-refractivity contribution in [2.24, 2.45) is 5.92 Å². The monoisotopic (exact) mass is 274 g/mol. The average molecular weight is 274 g/mol. The summed E-state index contributed by atoms with van der Waals surface area (Å²) < 4.78 is 0. The largest absolute Gasteiger partial charge is 0.395 e. The average Bonchev–Trinajstić information content (AvgIpc) is 2.44. The van der Waals surface area contributed by atoms with Crippen molar-refractivity contribution >= 4 is 5.91 Å². The molecule has 1 amide bonds. The molecule has 0 bridgehead atoms. The van der Waals surface area contributed by atoms with Crippen LogP contribution in [0, 0.1) is 17.8 Å². The van der Waals surface area contributed by atoms with Gasteiger partial charge in [-0.15, -0.1) is 0 Å². The van der Waals surface area contributed by atoms with Crippen LogP contribution in [-0.4, -0.2) is 29.1 Å². The first-order chi connectivity index (χ1) is 9.63. The summed E-state index contributed by atoms with van der Waals surface area (Å²) in [7, 11) is 0. The van der Waals surface area contributed by atoms with E-state index in [4.69, 9.17) is 5.11 Å². The number of aliphatic hydroxyl groups excluding tert-OH is 1. The molecule has 1 rings (SSSR count). The van der Waals surface area contributed by atoms with Gasteiger partial charge in [0.05, 0.1) is 6.61 Å². The van der Waals surface area contributed by atoms with Crippen molar-refractivity contribution in [2.75, 3.05) is 13.2 Å². The van der Waals surface area contributed by atoms with E-state index >= 15 is 0 Å². The number of carbonyl (C=O) groups excluding carboxylic acids is 1. The molecule has 0 saturated carbocycles. The summed E-state index contributed by atoms with van der Waals surface area (Å²) in [5.74, 6) is 6.19. The molecule has 0 aliphatic heterocycles. The second kappa shape index (κ2) is 9.11. The smallest absolute Gasteiger partial charge is 0.269 e. The Hall–Kier alpha value is -1.86. The van der Waals surface area contributed by atoms with E-state index in [9.17, 15) is 4.79 Å². The highest BCUT2D eigenvalue weighted by atomic mass is 16.2. The third-order valence-corrected chi connectivity index (χ3v) is 2.71. The minimum Gasteiger partial charge on any atom is -0.395 e. The molecule has 20 heavy (non-hydrogen) atoms. The third kappa shape index (κ3) is 6.35. The lowest BCUT2D eigenvalue weighted by atomic mass is 10.1. The normalized spacial score (nSPS) is 10.0. The van der Waals surface area contributed by atoms with E-state index in [1.54, 1.807) is 18.3 Å². The molecule has 0 radical (unpaired) electrons. The van der Waals surface area contributed by atoms with Gasteiger partial charge in [-0.3, -0.25) is 4.79 Å². The second-order valence-corrected chi connectivity index (χ2v) is 5.00. The molecule has 1 heterocycles. The summed E-state index contributed by atoms with van der Waals surface area (Å²) in [6.45, 7) is 5.06. The molecule has 4 heteroatoms. The highest BCUT2D eigenvalue weighted by Crippen LogP contribution is 2.03. The van der Waals surface area contributed by atoms with Crippen molar-refractivity contribution in [1.82, 2.24) is 10.3 Å². The first-order valence-corrected chi connectivity index (χ1v) is 6.97. The molecule has 0 spiro atoms. The topological polar surface area (TPSA) is 62.2 Å². The van der Waals surface area contributed by atoms with Gasteiger partial charge in [-0.05, 0) is 30.9 Å². The van der Waals surface area contributed by atoms with Gasteiger partial charge < -0.3 is 10.4 Å². The van der Waals surface area contributed by atoms with Crippen LogP contribution in [0.3, 0.4) is 0 Å². The number of nitrogens with one attached hydrogen (secondary N) is 1. The number of nitrogens with zero attached hydrogens (tertiary/aromatic N) is 1. The van der Waals surface area contributed by atoms with Crippen molar-refractivity contribution in [2.45, 2.75) is 33.1 Å². The summed E-state index contributed by atoms with van der Waals surface area (Å²) in [5.41, 5.74) is 1.15. The Balaban J connectivity index is 2.43. The maximum absolute atomic E-state index is 11.8. The number of hydrogen-bond acceptors (Lipinski definition) is 3. The van der Waals surface area contributed by atoms with E-state index in [0.717, 1.165) is 18.4 Å². The van der Waals surface area contributed by atoms with E-state index in [-0.39, 0.29) is 12.5 Å². The van der Waals surface area contributed by atoms with Crippen molar-refractivity contribution < 1.29 is 9.90 Å². The van der Waals surface area contributed by atoms with Crippen LogP contribution in [0.4, 0.5) is 0 Å². The highest BCUT2D eigenvalue weighted by molar-refractivity contribution is 5.92. The summed E-state index contributed by atoms with van der Waals surface area (Å²) in [6, 6.07) is 3.43. The molecule has 0 saturated heterocycles. The predicted molar refractivity (Wildman–Crippen MR) is 79.2 cm³/mol. The van der Waals surface area contributed by atoms with Crippen molar-refractivity contribution in [1.29, 1.82) is 0 Å². The van der Waals surface area contributed by atoms with Gasteiger partial charge >= 0.3 is 0 Å². The molecular weight excluding hydrogens is 252 g/mol. The van der Waals surface area contributed by atoms with Gasteiger partial charge in [0.2, 0.25) is 0 Å². The number of aliphatic hydroxyl groups is 1. The van der Waals surface area contributed by atoms with Crippen LogP contribution >= 0.6 is 0 Å². The van der Waals surface area contributed by atoms with Crippen LogP contribution in [0.15, 0.2) is 18.3 Å². The standard InChI is InChI=1S/C16H22N2O2/c1-13(2)6-5-10-17-16(20)15-9-8-14(12-18-15)7-3-4-11-19/h8-9,12-13,19H,4-6,10-11H2,1-2H3,(H,17,20). The Kier molecular flexibility index (Phi) is 7.38. The lowest BCUT2D eigenvalue weighted by molar-refractivity contribution is 0.0947. The van der Waals surface area contributed by atoms with Crippen LogP contribution in [-0.2, 0) is 0 Å². The van der Waals surface area contributed by atoms with Crippen LogP contribution in [0.25, 0.3) is 0 Å². The Labute approximate surface area is 120 Å². The van der Waals surface area contributed by atoms with E-state index in [1.165, 1.54) is 0 Å². The van der Waals surface area contributed by atoms with Crippen LogP contribution in [0.1, 0.15) is 49.2 Å². The molecule has 0 aliphatic rings. The number of hydrogen-bond donors (Lipinski definition) is 2. The van der Waals surface area contributed by atoms with Gasteiger partial charge in [0.25, 0.3) is 5.91 Å². The molecule has 0 aromatic carbocycles. The lowest BCUT2D eigenvalue weighted by Crippen LogP contribution is -2.25. The SMILES string of the molecule is CC(C)CCCNC(=O)c1ccc(C#CCCO)cn1. The second-order valence-electron chi connectivity index (χ2n) is 5.00. The van der Waals surface area contributed by atoms with E-state index in [2.05, 4.69) is 36.0 Å². The molecule has 108 valence electrons. The van der Waals surface area contributed by atoms with E-state index < -0.39 is 0 Å². The summed E-state index contributed by atoms with van der Waals surface area (Å²) >= 11 is 0. The first-order valence-electron chi connectivity index (χ1n) is 6.97. The number of rotatable bonds is 6. The zero-order valence-corrected chi connectivity index (χ0v) is 12.1.